The molecule has 3 aromatic rings. The van der Waals surface area contributed by atoms with Crippen molar-refractivity contribution < 1.29 is 9.26 Å². The maximum atomic E-state index is 6.44. The molecule has 136 valence electrons. The molecule has 0 bridgehead atoms. The Hall–Kier alpha value is -2.67. The first-order valence-electron chi connectivity index (χ1n) is 9.11. The molecule has 1 aliphatic rings. The molecule has 1 aliphatic carbocycles. The summed E-state index contributed by atoms with van der Waals surface area (Å²) in [6.45, 7) is 2.65. The molecule has 0 radical (unpaired) electrons. The predicted octanol–water partition coefficient (Wildman–Crippen LogP) is 3.44. The van der Waals surface area contributed by atoms with Gasteiger partial charge in [0.2, 0.25) is 0 Å². The van der Waals surface area contributed by atoms with Crippen LogP contribution in [0.4, 0.5) is 0 Å². The molecular formula is C19H23N5O2. The van der Waals surface area contributed by atoms with Crippen LogP contribution in [0.5, 0.6) is 5.75 Å². The summed E-state index contributed by atoms with van der Waals surface area (Å²) in [7, 11) is 0. The molecule has 7 heteroatoms. The van der Waals surface area contributed by atoms with Crippen LogP contribution in [0.25, 0.3) is 17.3 Å². The number of nitrogens with two attached hydrogens (primary N) is 1. The van der Waals surface area contributed by atoms with Gasteiger partial charge in [-0.3, -0.25) is 0 Å². The lowest BCUT2D eigenvalue weighted by Crippen LogP contribution is -2.34. The lowest BCUT2D eigenvalue weighted by Gasteiger charge is -2.17. The highest BCUT2D eigenvalue weighted by molar-refractivity contribution is 5.57. The van der Waals surface area contributed by atoms with E-state index in [1.165, 1.54) is 0 Å². The maximum absolute atomic E-state index is 6.44. The van der Waals surface area contributed by atoms with Crippen LogP contribution in [0.3, 0.4) is 0 Å². The van der Waals surface area contributed by atoms with Gasteiger partial charge in [0.05, 0.1) is 24.0 Å². The second kappa shape index (κ2) is 6.92. The first-order chi connectivity index (χ1) is 12.7. The van der Waals surface area contributed by atoms with E-state index in [0.29, 0.717) is 29.8 Å². The molecular weight excluding hydrogens is 330 g/mol. The van der Waals surface area contributed by atoms with Crippen molar-refractivity contribution in [3.8, 4) is 23.0 Å². The third kappa shape index (κ3) is 3.10. The molecule has 1 saturated carbocycles. The van der Waals surface area contributed by atoms with Gasteiger partial charge < -0.3 is 15.0 Å². The molecule has 1 fully saturated rings. The van der Waals surface area contributed by atoms with E-state index < -0.39 is 5.54 Å². The van der Waals surface area contributed by atoms with Gasteiger partial charge in [0, 0.05) is 0 Å². The topological polar surface area (TPSA) is 92.0 Å². The van der Waals surface area contributed by atoms with Crippen LogP contribution in [0.2, 0.25) is 0 Å². The van der Waals surface area contributed by atoms with Gasteiger partial charge in [-0.05, 0) is 31.4 Å². The normalized spacial score (nSPS) is 16.1. The molecule has 0 amide bonds. The van der Waals surface area contributed by atoms with E-state index >= 15 is 0 Å². The monoisotopic (exact) mass is 353 g/mol. The summed E-state index contributed by atoms with van der Waals surface area (Å²) < 4.78 is 13.1. The first kappa shape index (κ1) is 16.8. The lowest BCUT2D eigenvalue weighted by molar-refractivity contribution is 0.316. The van der Waals surface area contributed by atoms with Crippen molar-refractivity contribution in [3.63, 3.8) is 0 Å². The standard InChI is InChI=1S/C19H23N5O2/c1-2-12-25-15-13-24(14-8-4-3-5-9-14)22-16(15)17-21-18(23-26-17)19(20)10-6-7-11-19/h3-5,8-9,13H,2,6-7,10-12,20H2,1H3. The van der Waals surface area contributed by atoms with Crippen LogP contribution in [0.1, 0.15) is 44.9 Å². The van der Waals surface area contributed by atoms with E-state index in [2.05, 4.69) is 22.2 Å². The Kier molecular flexibility index (Phi) is 4.46. The SMILES string of the molecule is CCCOc1cn(-c2ccccc2)nc1-c1nc(C2(N)CCCC2)no1. The highest BCUT2D eigenvalue weighted by Gasteiger charge is 2.36. The van der Waals surface area contributed by atoms with Crippen molar-refractivity contribution in [1.82, 2.24) is 19.9 Å². The van der Waals surface area contributed by atoms with Crippen LogP contribution in [-0.2, 0) is 5.54 Å². The summed E-state index contributed by atoms with van der Waals surface area (Å²) in [4.78, 5) is 4.55. The fourth-order valence-corrected chi connectivity index (χ4v) is 3.29. The van der Waals surface area contributed by atoms with Crippen LogP contribution in [0, 0.1) is 0 Å². The number of aromatic nitrogens is 4. The molecule has 2 N–H and O–H groups in total. The smallest absolute Gasteiger partial charge is 0.282 e. The van der Waals surface area contributed by atoms with Gasteiger partial charge in [-0.2, -0.15) is 10.1 Å². The van der Waals surface area contributed by atoms with E-state index in [9.17, 15) is 0 Å². The molecule has 2 heterocycles. The van der Waals surface area contributed by atoms with Crippen LogP contribution in [-0.4, -0.2) is 26.5 Å². The Morgan fingerprint density at radius 2 is 2.00 bits per heavy atom. The number of hydrogen-bond acceptors (Lipinski definition) is 6. The van der Waals surface area contributed by atoms with Gasteiger partial charge in [-0.25, -0.2) is 4.68 Å². The van der Waals surface area contributed by atoms with Crippen LogP contribution in [0.15, 0.2) is 41.1 Å². The van der Waals surface area contributed by atoms with E-state index in [0.717, 1.165) is 37.8 Å². The summed E-state index contributed by atoms with van der Waals surface area (Å²) in [5.74, 6) is 1.53. The lowest BCUT2D eigenvalue weighted by atomic mass is 9.99. The summed E-state index contributed by atoms with van der Waals surface area (Å²) in [5.41, 5.74) is 7.43. The van der Waals surface area contributed by atoms with E-state index in [-0.39, 0.29) is 0 Å². The zero-order chi connectivity index (χ0) is 18.0. The first-order valence-corrected chi connectivity index (χ1v) is 9.11. The largest absolute Gasteiger partial charge is 0.489 e. The van der Waals surface area contributed by atoms with Crippen molar-refractivity contribution in [2.24, 2.45) is 5.73 Å². The highest BCUT2D eigenvalue weighted by Crippen LogP contribution is 2.36. The minimum Gasteiger partial charge on any atom is -0.489 e. The van der Waals surface area contributed by atoms with Crippen molar-refractivity contribution in [2.75, 3.05) is 6.61 Å². The number of nitrogens with zero attached hydrogens (tertiary/aromatic N) is 4. The average Bonchev–Trinajstić information content (AvgIpc) is 3.40. The Balaban J connectivity index is 1.70. The minimum atomic E-state index is -0.492. The molecule has 2 aromatic heterocycles. The second-order valence-electron chi connectivity index (χ2n) is 6.76. The third-order valence-corrected chi connectivity index (χ3v) is 4.73. The van der Waals surface area contributed by atoms with Gasteiger partial charge in [0.15, 0.2) is 17.3 Å². The van der Waals surface area contributed by atoms with E-state index in [1.54, 1.807) is 4.68 Å². The summed E-state index contributed by atoms with van der Waals surface area (Å²) in [6, 6.07) is 9.85. The number of ether oxygens (including phenoxy) is 1. The van der Waals surface area contributed by atoms with Crippen molar-refractivity contribution in [3.05, 3.63) is 42.4 Å². The molecule has 4 rings (SSSR count). The number of hydrogen-bond donors (Lipinski definition) is 1. The fraction of sp³-hybridized carbons (Fsp3) is 0.421. The van der Waals surface area contributed by atoms with Gasteiger partial charge in [-0.15, -0.1) is 0 Å². The zero-order valence-electron chi connectivity index (χ0n) is 14.9. The number of benzene rings is 1. The van der Waals surface area contributed by atoms with Crippen molar-refractivity contribution >= 4 is 0 Å². The van der Waals surface area contributed by atoms with Gasteiger partial charge in [0.1, 0.15) is 0 Å². The minimum absolute atomic E-state index is 0.345. The van der Waals surface area contributed by atoms with Crippen LogP contribution < -0.4 is 10.5 Å². The second-order valence-corrected chi connectivity index (χ2v) is 6.76. The summed E-state index contributed by atoms with van der Waals surface area (Å²) in [6.07, 6.45) is 6.68. The fourth-order valence-electron chi connectivity index (χ4n) is 3.29. The Morgan fingerprint density at radius 3 is 2.73 bits per heavy atom. The Labute approximate surface area is 152 Å². The quantitative estimate of drug-likeness (QED) is 0.730. The summed E-state index contributed by atoms with van der Waals surface area (Å²) >= 11 is 0. The number of rotatable bonds is 6. The predicted molar refractivity (Wildman–Crippen MR) is 97.0 cm³/mol. The molecule has 0 aliphatic heterocycles. The Morgan fingerprint density at radius 1 is 1.23 bits per heavy atom. The van der Waals surface area contributed by atoms with Crippen molar-refractivity contribution in [2.45, 2.75) is 44.6 Å². The van der Waals surface area contributed by atoms with Gasteiger partial charge in [0.25, 0.3) is 5.89 Å². The molecule has 26 heavy (non-hydrogen) atoms. The molecule has 0 spiro atoms. The van der Waals surface area contributed by atoms with Gasteiger partial charge >= 0.3 is 0 Å². The molecule has 7 nitrogen and oxygen atoms in total. The molecule has 1 aromatic carbocycles. The number of para-hydroxylation sites is 1. The van der Waals surface area contributed by atoms with E-state index in [1.807, 2.05) is 36.5 Å². The highest BCUT2D eigenvalue weighted by atomic mass is 16.5. The summed E-state index contributed by atoms with van der Waals surface area (Å²) in [5, 5.41) is 8.75. The molecule has 0 atom stereocenters. The molecule has 0 unspecified atom stereocenters. The Bertz CT molecular complexity index is 865. The maximum Gasteiger partial charge on any atom is 0.282 e. The van der Waals surface area contributed by atoms with Crippen molar-refractivity contribution in [1.29, 1.82) is 0 Å². The van der Waals surface area contributed by atoms with Crippen LogP contribution >= 0.6 is 0 Å². The van der Waals surface area contributed by atoms with Gasteiger partial charge in [-0.1, -0.05) is 43.1 Å². The average molecular weight is 353 g/mol. The van der Waals surface area contributed by atoms with E-state index in [4.69, 9.17) is 15.0 Å². The molecule has 0 saturated heterocycles. The zero-order valence-corrected chi connectivity index (χ0v) is 14.9. The third-order valence-electron chi connectivity index (χ3n) is 4.73.